The number of aromatic nitrogens is 1. The van der Waals surface area contributed by atoms with Gasteiger partial charge in [0.2, 0.25) is 0 Å². The maximum atomic E-state index is 13.3. The molecule has 0 aliphatic carbocycles. The lowest BCUT2D eigenvalue weighted by Gasteiger charge is -2.07. The number of unbranched alkanes of at least 4 members (excludes halogenated alkanes) is 1. The van der Waals surface area contributed by atoms with Crippen LogP contribution in [-0.4, -0.2) is 11.5 Å². The fraction of sp³-hybridized carbons (Fsp3) is 0.263. The Balaban J connectivity index is 2.19. The van der Waals surface area contributed by atoms with Crippen molar-refractivity contribution < 1.29 is 17.6 Å². The number of para-hydroxylation sites is 1. The lowest BCUT2D eigenvalue weighted by Crippen LogP contribution is -2.05. The SMILES string of the molecule is NCCCCc1c(-c2ccc(F)cc2)[nH]c2c(C(F)(F)F)cccc12. The number of aromatic amines is 1. The second-order valence-electron chi connectivity index (χ2n) is 5.96. The summed E-state index contributed by atoms with van der Waals surface area (Å²) in [5.74, 6) is -0.388. The number of H-pyrrole nitrogens is 1. The highest BCUT2D eigenvalue weighted by molar-refractivity contribution is 5.93. The Morgan fingerprint density at radius 1 is 0.960 bits per heavy atom. The third kappa shape index (κ3) is 3.54. The second-order valence-corrected chi connectivity index (χ2v) is 5.96. The van der Waals surface area contributed by atoms with Gasteiger partial charge in [-0.15, -0.1) is 0 Å². The van der Waals surface area contributed by atoms with Gasteiger partial charge in [-0.3, -0.25) is 0 Å². The highest BCUT2D eigenvalue weighted by Gasteiger charge is 2.33. The van der Waals surface area contributed by atoms with Gasteiger partial charge in [0.25, 0.3) is 0 Å². The zero-order chi connectivity index (χ0) is 18.0. The molecule has 132 valence electrons. The van der Waals surface area contributed by atoms with Crippen LogP contribution in [0.4, 0.5) is 17.6 Å². The third-order valence-electron chi connectivity index (χ3n) is 4.26. The van der Waals surface area contributed by atoms with E-state index in [1.54, 1.807) is 18.2 Å². The van der Waals surface area contributed by atoms with E-state index in [9.17, 15) is 17.6 Å². The molecule has 0 fully saturated rings. The van der Waals surface area contributed by atoms with Crippen molar-refractivity contribution in [3.8, 4) is 11.3 Å². The third-order valence-corrected chi connectivity index (χ3v) is 4.26. The predicted molar refractivity (Wildman–Crippen MR) is 90.7 cm³/mol. The summed E-state index contributed by atoms with van der Waals surface area (Å²) in [7, 11) is 0. The number of hydrogen-bond acceptors (Lipinski definition) is 1. The maximum absolute atomic E-state index is 13.3. The molecule has 25 heavy (non-hydrogen) atoms. The van der Waals surface area contributed by atoms with Gasteiger partial charge in [0.1, 0.15) is 5.82 Å². The van der Waals surface area contributed by atoms with E-state index in [1.165, 1.54) is 18.2 Å². The van der Waals surface area contributed by atoms with Gasteiger partial charge in [-0.25, -0.2) is 4.39 Å². The molecule has 0 aliphatic rings. The zero-order valence-corrected chi connectivity index (χ0v) is 13.5. The number of nitrogens with one attached hydrogen (secondary N) is 1. The van der Waals surface area contributed by atoms with Crippen LogP contribution in [0.2, 0.25) is 0 Å². The first-order valence-electron chi connectivity index (χ1n) is 8.08. The number of fused-ring (bicyclic) bond motifs is 1. The lowest BCUT2D eigenvalue weighted by molar-refractivity contribution is -0.136. The topological polar surface area (TPSA) is 41.8 Å². The van der Waals surface area contributed by atoms with Gasteiger partial charge in [-0.2, -0.15) is 13.2 Å². The molecule has 2 aromatic carbocycles. The van der Waals surface area contributed by atoms with Gasteiger partial charge in [-0.1, -0.05) is 12.1 Å². The Labute approximate surface area is 142 Å². The number of alkyl halides is 3. The Hall–Kier alpha value is -2.34. The minimum absolute atomic E-state index is 0.0667. The summed E-state index contributed by atoms with van der Waals surface area (Å²) in [4.78, 5) is 2.93. The Morgan fingerprint density at radius 2 is 1.68 bits per heavy atom. The minimum Gasteiger partial charge on any atom is -0.354 e. The summed E-state index contributed by atoms with van der Waals surface area (Å²) < 4.78 is 53.2. The molecule has 0 spiro atoms. The first kappa shape index (κ1) is 17.5. The summed E-state index contributed by atoms with van der Waals surface area (Å²) in [5, 5.41) is 0.547. The average molecular weight is 350 g/mol. The lowest BCUT2D eigenvalue weighted by atomic mass is 9.99. The van der Waals surface area contributed by atoms with Crippen LogP contribution in [0.1, 0.15) is 24.0 Å². The minimum atomic E-state index is -4.45. The molecule has 0 amide bonds. The monoisotopic (exact) mass is 350 g/mol. The molecule has 6 heteroatoms. The van der Waals surface area contributed by atoms with Crippen molar-refractivity contribution in [2.24, 2.45) is 5.73 Å². The standard InChI is InChI=1S/C19H18F4N2/c20-13-9-7-12(8-10-13)17-14(4-1-2-11-24)15-5-3-6-16(18(15)25-17)19(21,22)23/h3,5-10,25H,1-2,4,11,24H2. The van der Waals surface area contributed by atoms with E-state index in [2.05, 4.69) is 4.98 Å². The van der Waals surface area contributed by atoms with Gasteiger partial charge in [0, 0.05) is 11.1 Å². The van der Waals surface area contributed by atoms with E-state index >= 15 is 0 Å². The molecular weight excluding hydrogens is 332 g/mol. The molecule has 3 rings (SSSR count). The first-order chi connectivity index (χ1) is 11.9. The quantitative estimate of drug-likeness (QED) is 0.477. The highest BCUT2D eigenvalue weighted by atomic mass is 19.4. The van der Waals surface area contributed by atoms with Crippen molar-refractivity contribution in [1.29, 1.82) is 0 Å². The summed E-state index contributed by atoms with van der Waals surface area (Å²) in [5.41, 5.74) is 6.97. The molecule has 0 saturated carbocycles. The summed E-state index contributed by atoms with van der Waals surface area (Å²) >= 11 is 0. The van der Waals surface area contributed by atoms with Crippen LogP contribution >= 0.6 is 0 Å². The molecule has 1 heterocycles. The number of hydrogen-bond donors (Lipinski definition) is 2. The molecule has 1 aromatic heterocycles. The van der Waals surface area contributed by atoms with E-state index in [1.807, 2.05) is 0 Å². The largest absolute Gasteiger partial charge is 0.418 e. The highest BCUT2D eigenvalue weighted by Crippen LogP contribution is 2.39. The van der Waals surface area contributed by atoms with Crippen molar-refractivity contribution >= 4 is 10.9 Å². The molecule has 0 bridgehead atoms. The molecule has 0 saturated heterocycles. The maximum Gasteiger partial charge on any atom is 0.418 e. The zero-order valence-electron chi connectivity index (χ0n) is 13.5. The normalized spacial score (nSPS) is 12.0. The fourth-order valence-corrected chi connectivity index (χ4v) is 3.08. The molecule has 0 aliphatic heterocycles. The van der Waals surface area contributed by atoms with Crippen LogP contribution in [-0.2, 0) is 12.6 Å². The molecule has 2 nitrogen and oxygen atoms in total. The Kier molecular flexibility index (Phi) is 4.81. The van der Waals surface area contributed by atoms with Crippen LogP contribution in [0.3, 0.4) is 0 Å². The van der Waals surface area contributed by atoms with Crippen molar-refractivity contribution in [3.05, 3.63) is 59.4 Å². The van der Waals surface area contributed by atoms with Crippen LogP contribution in [0.25, 0.3) is 22.2 Å². The first-order valence-corrected chi connectivity index (χ1v) is 8.08. The van der Waals surface area contributed by atoms with Crippen LogP contribution < -0.4 is 5.73 Å². The summed E-state index contributed by atoms with van der Waals surface area (Å²) in [6, 6.07) is 9.91. The Bertz CT molecular complexity index is 864. The number of halogens is 4. The van der Waals surface area contributed by atoms with Crippen LogP contribution in [0, 0.1) is 5.82 Å². The van der Waals surface area contributed by atoms with Crippen LogP contribution in [0.5, 0.6) is 0 Å². The van der Waals surface area contributed by atoms with Crippen molar-refractivity contribution in [2.45, 2.75) is 25.4 Å². The molecule has 3 aromatic rings. The molecular formula is C19H18F4N2. The Morgan fingerprint density at radius 3 is 2.32 bits per heavy atom. The molecule has 3 N–H and O–H groups in total. The van der Waals surface area contributed by atoms with Crippen LogP contribution in [0.15, 0.2) is 42.5 Å². The second kappa shape index (κ2) is 6.88. The van der Waals surface area contributed by atoms with Gasteiger partial charge in [0.05, 0.1) is 11.1 Å². The number of aryl methyl sites for hydroxylation is 1. The van der Waals surface area contributed by atoms with Gasteiger partial charge >= 0.3 is 6.18 Å². The average Bonchev–Trinajstić information content (AvgIpc) is 2.93. The molecule has 0 radical (unpaired) electrons. The number of nitrogens with two attached hydrogens (primary N) is 1. The number of rotatable bonds is 5. The summed E-state index contributed by atoms with van der Waals surface area (Å²) in [6.45, 7) is 0.530. The smallest absolute Gasteiger partial charge is 0.354 e. The fourth-order valence-electron chi connectivity index (χ4n) is 3.08. The van der Waals surface area contributed by atoms with Gasteiger partial charge < -0.3 is 10.7 Å². The van der Waals surface area contributed by atoms with Crippen molar-refractivity contribution in [3.63, 3.8) is 0 Å². The summed E-state index contributed by atoms with van der Waals surface area (Å²) in [6.07, 6.45) is -2.29. The van der Waals surface area contributed by atoms with Crippen molar-refractivity contribution in [2.75, 3.05) is 6.54 Å². The van der Waals surface area contributed by atoms with Gasteiger partial charge in [0.15, 0.2) is 0 Å². The molecule has 0 atom stereocenters. The number of benzene rings is 2. The predicted octanol–water partition coefficient (Wildman–Crippen LogP) is 5.27. The van der Waals surface area contributed by atoms with E-state index in [0.29, 0.717) is 29.6 Å². The van der Waals surface area contributed by atoms with Gasteiger partial charge in [-0.05, 0) is 67.3 Å². The van der Waals surface area contributed by atoms with E-state index in [0.717, 1.165) is 24.5 Å². The van der Waals surface area contributed by atoms with E-state index in [-0.39, 0.29) is 11.3 Å². The van der Waals surface area contributed by atoms with Crippen molar-refractivity contribution in [1.82, 2.24) is 4.98 Å². The molecule has 0 unspecified atom stereocenters. The van der Waals surface area contributed by atoms with E-state index < -0.39 is 11.7 Å². The van der Waals surface area contributed by atoms with E-state index in [4.69, 9.17) is 5.73 Å².